The maximum atomic E-state index is 5.81. The Hall–Kier alpha value is -0.320. The van der Waals surface area contributed by atoms with Gasteiger partial charge in [-0.05, 0) is 36.9 Å². The molecule has 2 heterocycles. The molecule has 2 nitrogen and oxygen atoms in total. The molecule has 2 aliphatic heterocycles. The van der Waals surface area contributed by atoms with Gasteiger partial charge in [-0.2, -0.15) is 23.5 Å². The zero-order valence-electron chi connectivity index (χ0n) is 12.7. The second-order valence-corrected chi connectivity index (χ2v) is 8.25. The minimum atomic E-state index is 0.629. The number of para-hydroxylation sites is 1. The van der Waals surface area contributed by atoms with Gasteiger partial charge in [0.15, 0.2) is 0 Å². The Kier molecular flexibility index (Phi) is 5.78. The van der Waals surface area contributed by atoms with Crippen molar-refractivity contribution in [2.45, 2.75) is 37.0 Å². The van der Waals surface area contributed by atoms with Crippen LogP contribution in [-0.4, -0.2) is 41.7 Å². The largest absolute Gasteiger partial charge is 0.493 e. The van der Waals surface area contributed by atoms with Crippen LogP contribution in [0.2, 0.25) is 0 Å². The van der Waals surface area contributed by atoms with Gasteiger partial charge in [-0.3, -0.25) is 0 Å². The van der Waals surface area contributed by atoms with Crippen molar-refractivity contribution < 1.29 is 4.74 Å². The maximum Gasteiger partial charge on any atom is 0.122 e. The SMILES string of the molecule is CCNC(CC1CCOc2ccccc21)C1CSCCS1. The van der Waals surface area contributed by atoms with Crippen molar-refractivity contribution in [2.24, 2.45) is 0 Å². The van der Waals surface area contributed by atoms with E-state index in [-0.39, 0.29) is 0 Å². The highest BCUT2D eigenvalue weighted by molar-refractivity contribution is 8.06. The summed E-state index contributed by atoms with van der Waals surface area (Å²) < 4.78 is 5.81. The minimum Gasteiger partial charge on any atom is -0.493 e. The zero-order valence-corrected chi connectivity index (χ0v) is 14.3. The molecule has 21 heavy (non-hydrogen) atoms. The summed E-state index contributed by atoms with van der Waals surface area (Å²) in [4.78, 5) is 0. The van der Waals surface area contributed by atoms with Gasteiger partial charge >= 0.3 is 0 Å². The fourth-order valence-corrected chi connectivity index (χ4v) is 6.24. The Bertz CT molecular complexity index is 448. The highest BCUT2D eigenvalue weighted by Gasteiger charge is 2.29. The van der Waals surface area contributed by atoms with Crippen LogP contribution in [0, 0.1) is 0 Å². The first kappa shape index (κ1) is 15.6. The molecule has 3 unspecified atom stereocenters. The van der Waals surface area contributed by atoms with Crippen molar-refractivity contribution >= 4 is 23.5 Å². The van der Waals surface area contributed by atoms with E-state index in [1.165, 1.54) is 29.2 Å². The summed E-state index contributed by atoms with van der Waals surface area (Å²) >= 11 is 4.29. The summed E-state index contributed by atoms with van der Waals surface area (Å²) in [6, 6.07) is 9.23. The number of fused-ring (bicyclic) bond motifs is 1. The number of hydrogen-bond acceptors (Lipinski definition) is 4. The summed E-state index contributed by atoms with van der Waals surface area (Å²) in [6.07, 6.45) is 2.40. The average molecular weight is 324 g/mol. The number of hydrogen-bond donors (Lipinski definition) is 1. The predicted octanol–water partition coefficient (Wildman–Crippen LogP) is 3.77. The van der Waals surface area contributed by atoms with Gasteiger partial charge in [0.1, 0.15) is 5.75 Å². The van der Waals surface area contributed by atoms with Gasteiger partial charge < -0.3 is 10.1 Å². The molecular weight excluding hydrogens is 298 g/mol. The third-order valence-corrected chi connectivity index (χ3v) is 7.30. The van der Waals surface area contributed by atoms with E-state index < -0.39 is 0 Å². The Morgan fingerprint density at radius 1 is 1.33 bits per heavy atom. The van der Waals surface area contributed by atoms with Crippen LogP contribution in [0.5, 0.6) is 5.75 Å². The molecule has 1 fully saturated rings. The highest BCUT2D eigenvalue weighted by Crippen LogP contribution is 2.38. The van der Waals surface area contributed by atoms with E-state index in [1.807, 2.05) is 0 Å². The van der Waals surface area contributed by atoms with Gasteiger partial charge in [0.25, 0.3) is 0 Å². The average Bonchev–Trinajstić information content (AvgIpc) is 2.55. The molecule has 4 heteroatoms. The molecule has 0 aromatic heterocycles. The first-order chi connectivity index (χ1) is 10.4. The topological polar surface area (TPSA) is 21.3 Å². The fourth-order valence-electron chi connectivity index (χ4n) is 3.33. The van der Waals surface area contributed by atoms with E-state index >= 15 is 0 Å². The fraction of sp³-hybridized carbons (Fsp3) is 0.647. The van der Waals surface area contributed by atoms with Crippen molar-refractivity contribution in [1.29, 1.82) is 0 Å². The minimum absolute atomic E-state index is 0.629. The molecule has 0 radical (unpaired) electrons. The molecule has 116 valence electrons. The number of thioether (sulfide) groups is 2. The molecule has 1 saturated heterocycles. The molecule has 1 aromatic rings. The van der Waals surface area contributed by atoms with E-state index in [1.54, 1.807) is 0 Å². The molecule has 0 saturated carbocycles. The van der Waals surface area contributed by atoms with Crippen molar-refractivity contribution in [3.63, 3.8) is 0 Å². The lowest BCUT2D eigenvalue weighted by Crippen LogP contribution is -2.42. The van der Waals surface area contributed by atoms with E-state index in [0.29, 0.717) is 12.0 Å². The van der Waals surface area contributed by atoms with Crippen LogP contribution in [0.3, 0.4) is 0 Å². The van der Waals surface area contributed by atoms with Gasteiger partial charge in [-0.25, -0.2) is 0 Å². The summed E-state index contributed by atoms with van der Waals surface area (Å²) in [5.41, 5.74) is 1.42. The molecule has 1 N–H and O–H groups in total. The maximum absolute atomic E-state index is 5.81. The summed E-state index contributed by atoms with van der Waals surface area (Å²) in [5, 5.41) is 4.52. The van der Waals surface area contributed by atoms with Crippen molar-refractivity contribution in [2.75, 3.05) is 30.4 Å². The number of rotatable bonds is 5. The van der Waals surface area contributed by atoms with Gasteiger partial charge in [0, 0.05) is 28.6 Å². The van der Waals surface area contributed by atoms with Crippen LogP contribution < -0.4 is 10.1 Å². The van der Waals surface area contributed by atoms with E-state index in [4.69, 9.17) is 4.74 Å². The van der Waals surface area contributed by atoms with Crippen molar-refractivity contribution in [3.05, 3.63) is 29.8 Å². The molecule has 0 spiro atoms. The molecule has 3 rings (SSSR count). The van der Waals surface area contributed by atoms with Gasteiger partial charge in [0.05, 0.1) is 6.61 Å². The number of benzene rings is 1. The lowest BCUT2D eigenvalue weighted by Gasteiger charge is -2.34. The third kappa shape index (κ3) is 3.91. The third-order valence-electron chi connectivity index (χ3n) is 4.38. The molecule has 2 aliphatic rings. The monoisotopic (exact) mass is 323 g/mol. The lowest BCUT2D eigenvalue weighted by atomic mass is 9.86. The molecule has 0 amide bonds. The number of ether oxygens (including phenoxy) is 1. The van der Waals surface area contributed by atoms with Gasteiger partial charge in [-0.15, -0.1) is 0 Å². The second-order valence-electron chi connectivity index (χ2n) is 5.76. The summed E-state index contributed by atoms with van der Waals surface area (Å²) in [5.74, 6) is 5.68. The van der Waals surface area contributed by atoms with Crippen LogP contribution in [0.15, 0.2) is 24.3 Å². The Balaban J connectivity index is 1.71. The predicted molar refractivity (Wildman–Crippen MR) is 94.9 cm³/mol. The van der Waals surface area contributed by atoms with Crippen molar-refractivity contribution in [3.8, 4) is 5.75 Å². The van der Waals surface area contributed by atoms with Gasteiger partial charge in [0.2, 0.25) is 0 Å². The normalized spacial score (nSPS) is 26.7. The van der Waals surface area contributed by atoms with Crippen LogP contribution in [0.1, 0.15) is 31.2 Å². The van der Waals surface area contributed by atoms with Gasteiger partial charge in [-0.1, -0.05) is 25.1 Å². The Morgan fingerprint density at radius 3 is 3.05 bits per heavy atom. The lowest BCUT2D eigenvalue weighted by molar-refractivity contribution is 0.255. The van der Waals surface area contributed by atoms with E-state index in [2.05, 4.69) is 60.0 Å². The van der Waals surface area contributed by atoms with Crippen LogP contribution in [-0.2, 0) is 0 Å². The van der Waals surface area contributed by atoms with Crippen molar-refractivity contribution in [1.82, 2.24) is 5.32 Å². The molecular formula is C17H25NOS2. The molecule has 3 atom stereocenters. The first-order valence-electron chi connectivity index (χ1n) is 8.03. The van der Waals surface area contributed by atoms with E-state index in [9.17, 15) is 0 Å². The van der Waals surface area contributed by atoms with Crippen LogP contribution in [0.25, 0.3) is 0 Å². The molecule has 1 aromatic carbocycles. The second kappa shape index (κ2) is 7.80. The van der Waals surface area contributed by atoms with Crippen LogP contribution in [0.4, 0.5) is 0 Å². The van der Waals surface area contributed by atoms with E-state index in [0.717, 1.165) is 30.6 Å². The zero-order chi connectivity index (χ0) is 14.5. The molecule has 0 bridgehead atoms. The quantitative estimate of drug-likeness (QED) is 0.890. The Morgan fingerprint density at radius 2 is 2.24 bits per heavy atom. The number of nitrogens with one attached hydrogen (secondary N) is 1. The smallest absolute Gasteiger partial charge is 0.122 e. The highest BCUT2D eigenvalue weighted by atomic mass is 32.2. The summed E-state index contributed by atoms with van der Waals surface area (Å²) in [6.45, 7) is 4.16. The first-order valence-corrected chi connectivity index (χ1v) is 10.2. The molecule has 0 aliphatic carbocycles. The van der Waals surface area contributed by atoms with Crippen LogP contribution >= 0.6 is 23.5 Å². The summed E-state index contributed by atoms with van der Waals surface area (Å²) in [7, 11) is 0. The Labute approximate surface area is 136 Å². The standard InChI is InChI=1S/C17H25NOS2/c1-2-18-15(17-12-20-9-10-21-17)11-13-7-8-19-16-6-4-3-5-14(13)16/h3-6,13,15,17-18H,2,7-12H2,1H3.